The average Bonchev–Trinajstić information content (AvgIpc) is 2.57. The lowest BCUT2D eigenvalue weighted by molar-refractivity contribution is -0.124. The molecule has 1 heterocycles. The van der Waals surface area contributed by atoms with Crippen LogP contribution in [0.2, 0.25) is 0 Å². The zero-order chi connectivity index (χ0) is 16.5. The SMILES string of the molecule is COCCCCC(=O)NCC(=O)Nc1cccc2cccnc12. The van der Waals surface area contributed by atoms with Crippen molar-refractivity contribution in [2.45, 2.75) is 19.3 Å². The molecule has 1 aromatic heterocycles. The fourth-order valence-corrected chi connectivity index (χ4v) is 2.20. The van der Waals surface area contributed by atoms with E-state index in [1.165, 1.54) is 0 Å². The first-order valence-electron chi connectivity index (χ1n) is 7.60. The third-order valence-corrected chi connectivity index (χ3v) is 3.36. The summed E-state index contributed by atoms with van der Waals surface area (Å²) in [5.74, 6) is -0.402. The molecule has 0 bridgehead atoms. The van der Waals surface area contributed by atoms with Crippen molar-refractivity contribution in [3.05, 3.63) is 36.5 Å². The van der Waals surface area contributed by atoms with E-state index in [4.69, 9.17) is 4.74 Å². The number of amides is 2. The molecule has 2 amide bonds. The molecule has 0 unspecified atom stereocenters. The number of carbonyl (C=O) groups is 2. The van der Waals surface area contributed by atoms with E-state index in [0.29, 0.717) is 18.7 Å². The first-order chi connectivity index (χ1) is 11.2. The first-order valence-corrected chi connectivity index (χ1v) is 7.60. The summed E-state index contributed by atoms with van der Waals surface area (Å²) in [5, 5.41) is 6.35. The predicted molar refractivity (Wildman–Crippen MR) is 89.1 cm³/mol. The van der Waals surface area contributed by atoms with E-state index < -0.39 is 0 Å². The molecule has 0 spiro atoms. The van der Waals surface area contributed by atoms with Crippen LogP contribution in [0.5, 0.6) is 0 Å². The Kier molecular flexibility index (Phi) is 6.50. The lowest BCUT2D eigenvalue weighted by Gasteiger charge is -2.09. The average molecular weight is 315 g/mol. The zero-order valence-corrected chi connectivity index (χ0v) is 13.2. The Bertz CT molecular complexity index is 668. The van der Waals surface area contributed by atoms with E-state index in [9.17, 15) is 9.59 Å². The number of nitrogens with zero attached hydrogens (tertiary/aromatic N) is 1. The van der Waals surface area contributed by atoms with Crippen molar-refractivity contribution < 1.29 is 14.3 Å². The number of anilines is 1. The molecule has 0 saturated carbocycles. The minimum atomic E-state index is -0.270. The number of carbonyl (C=O) groups excluding carboxylic acids is 2. The minimum absolute atomic E-state index is 0.0493. The summed E-state index contributed by atoms with van der Waals surface area (Å²) in [7, 11) is 1.63. The van der Waals surface area contributed by atoms with Crippen molar-refractivity contribution in [3.8, 4) is 0 Å². The summed E-state index contributed by atoms with van der Waals surface area (Å²) in [4.78, 5) is 27.9. The van der Waals surface area contributed by atoms with Crippen LogP contribution in [0.4, 0.5) is 5.69 Å². The van der Waals surface area contributed by atoms with Crippen LogP contribution >= 0.6 is 0 Å². The normalized spacial score (nSPS) is 10.5. The van der Waals surface area contributed by atoms with Gasteiger partial charge in [0.25, 0.3) is 0 Å². The lowest BCUT2D eigenvalue weighted by atomic mass is 10.2. The number of aromatic nitrogens is 1. The van der Waals surface area contributed by atoms with Crippen molar-refractivity contribution in [1.82, 2.24) is 10.3 Å². The van der Waals surface area contributed by atoms with Gasteiger partial charge in [0.15, 0.2) is 0 Å². The van der Waals surface area contributed by atoms with Gasteiger partial charge in [-0.15, -0.1) is 0 Å². The Morgan fingerprint density at radius 3 is 2.78 bits per heavy atom. The summed E-state index contributed by atoms with van der Waals surface area (Å²) < 4.78 is 4.92. The standard InChI is InChI=1S/C17H21N3O3/c1-23-11-3-2-9-15(21)19-12-16(22)20-14-8-4-6-13-7-5-10-18-17(13)14/h4-8,10H,2-3,9,11-12H2,1H3,(H,19,21)(H,20,22). The van der Waals surface area contributed by atoms with Gasteiger partial charge in [0.05, 0.1) is 17.7 Å². The van der Waals surface area contributed by atoms with Gasteiger partial charge in [-0.3, -0.25) is 14.6 Å². The summed E-state index contributed by atoms with van der Waals surface area (Å²) in [6, 6.07) is 9.35. The molecule has 1 aromatic carbocycles. The molecule has 6 nitrogen and oxygen atoms in total. The number of fused-ring (bicyclic) bond motifs is 1. The molecule has 122 valence electrons. The minimum Gasteiger partial charge on any atom is -0.385 e. The maximum Gasteiger partial charge on any atom is 0.243 e. The number of benzene rings is 1. The number of hydrogen-bond acceptors (Lipinski definition) is 4. The molecule has 23 heavy (non-hydrogen) atoms. The summed E-state index contributed by atoms with van der Waals surface area (Å²) in [6.07, 6.45) is 3.65. The predicted octanol–water partition coefficient (Wildman–Crippen LogP) is 2.11. The molecule has 0 fully saturated rings. The molecule has 2 N–H and O–H groups in total. The Morgan fingerprint density at radius 2 is 1.96 bits per heavy atom. The highest BCUT2D eigenvalue weighted by molar-refractivity contribution is 6.01. The highest BCUT2D eigenvalue weighted by atomic mass is 16.5. The molecule has 0 radical (unpaired) electrons. The number of hydrogen-bond donors (Lipinski definition) is 2. The quantitative estimate of drug-likeness (QED) is 0.731. The van der Waals surface area contributed by atoms with Crippen molar-refractivity contribution in [1.29, 1.82) is 0 Å². The third kappa shape index (κ3) is 5.34. The van der Waals surface area contributed by atoms with E-state index in [1.54, 1.807) is 19.4 Å². The van der Waals surface area contributed by atoms with Gasteiger partial charge in [0.1, 0.15) is 0 Å². The highest BCUT2D eigenvalue weighted by Gasteiger charge is 2.08. The summed E-state index contributed by atoms with van der Waals surface area (Å²) >= 11 is 0. The van der Waals surface area contributed by atoms with Crippen LogP contribution in [0, 0.1) is 0 Å². The van der Waals surface area contributed by atoms with Crippen molar-refractivity contribution in [3.63, 3.8) is 0 Å². The van der Waals surface area contributed by atoms with Gasteiger partial charge < -0.3 is 15.4 Å². The summed E-state index contributed by atoms with van der Waals surface area (Å²) in [5.41, 5.74) is 1.37. The van der Waals surface area contributed by atoms with Gasteiger partial charge >= 0.3 is 0 Å². The molecular formula is C17H21N3O3. The number of nitrogens with one attached hydrogen (secondary N) is 2. The van der Waals surface area contributed by atoms with Gasteiger partial charge in [0.2, 0.25) is 11.8 Å². The Hall–Kier alpha value is -2.47. The molecule has 2 rings (SSSR count). The van der Waals surface area contributed by atoms with Gasteiger partial charge in [0, 0.05) is 31.7 Å². The van der Waals surface area contributed by atoms with E-state index in [0.717, 1.165) is 23.7 Å². The second kappa shape index (κ2) is 8.85. The molecule has 0 atom stereocenters. The fourth-order valence-electron chi connectivity index (χ4n) is 2.20. The van der Waals surface area contributed by atoms with Crippen LogP contribution in [-0.2, 0) is 14.3 Å². The van der Waals surface area contributed by atoms with E-state index in [1.807, 2.05) is 24.3 Å². The first kappa shape index (κ1) is 16.9. The maximum absolute atomic E-state index is 12.0. The van der Waals surface area contributed by atoms with Gasteiger partial charge in [-0.05, 0) is 25.0 Å². The number of rotatable bonds is 8. The van der Waals surface area contributed by atoms with Gasteiger partial charge in [-0.25, -0.2) is 0 Å². The van der Waals surface area contributed by atoms with Crippen molar-refractivity contribution in [2.75, 3.05) is 25.6 Å². The number of unbranched alkanes of at least 4 members (excludes halogenated alkanes) is 1. The smallest absolute Gasteiger partial charge is 0.243 e. The topological polar surface area (TPSA) is 80.3 Å². The van der Waals surface area contributed by atoms with E-state index in [-0.39, 0.29) is 18.4 Å². The fraction of sp³-hybridized carbons (Fsp3) is 0.353. The van der Waals surface area contributed by atoms with Crippen LogP contribution in [-0.4, -0.2) is 37.1 Å². The second-order valence-electron chi connectivity index (χ2n) is 5.16. The maximum atomic E-state index is 12.0. The monoisotopic (exact) mass is 315 g/mol. The van der Waals surface area contributed by atoms with E-state index in [2.05, 4.69) is 15.6 Å². The largest absolute Gasteiger partial charge is 0.385 e. The Morgan fingerprint density at radius 1 is 1.13 bits per heavy atom. The van der Waals surface area contributed by atoms with Crippen molar-refractivity contribution >= 4 is 28.4 Å². The summed E-state index contributed by atoms with van der Waals surface area (Å²) in [6.45, 7) is 0.591. The van der Waals surface area contributed by atoms with Crippen molar-refractivity contribution in [2.24, 2.45) is 0 Å². The van der Waals surface area contributed by atoms with Crippen LogP contribution < -0.4 is 10.6 Å². The molecular weight excluding hydrogens is 294 g/mol. The molecule has 0 aliphatic rings. The molecule has 0 aliphatic heterocycles. The number of para-hydroxylation sites is 1. The molecule has 0 aliphatic carbocycles. The highest BCUT2D eigenvalue weighted by Crippen LogP contribution is 2.20. The molecule has 6 heteroatoms. The van der Waals surface area contributed by atoms with Gasteiger partial charge in [-0.1, -0.05) is 18.2 Å². The number of ether oxygens (including phenoxy) is 1. The second-order valence-corrected chi connectivity index (χ2v) is 5.16. The number of methoxy groups -OCH3 is 1. The zero-order valence-electron chi connectivity index (χ0n) is 13.2. The lowest BCUT2D eigenvalue weighted by Crippen LogP contribution is -2.32. The molecule has 0 saturated heterocycles. The van der Waals surface area contributed by atoms with Crippen LogP contribution in [0.15, 0.2) is 36.5 Å². The van der Waals surface area contributed by atoms with E-state index >= 15 is 0 Å². The molecule has 2 aromatic rings. The van der Waals surface area contributed by atoms with Crippen LogP contribution in [0.1, 0.15) is 19.3 Å². The third-order valence-electron chi connectivity index (χ3n) is 3.36. The number of pyridine rings is 1. The Labute approximate surface area is 135 Å². The van der Waals surface area contributed by atoms with Crippen LogP contribution in [0.3, 0.4) is 0 Å². The Balaban J connectivity index is 1.81. The van der Waals surface area contributed by atoms with Crippen LogP contribution in [0.25, 0.3) is 10.9 Å². The van der Waals surface area contributed by atoms with Gasteiger partial charge in [-0.2, -0.15) is 0 Å².